The zero-order valence-electron chi connectivity index (χ0n) is 8.90. The highest BCUT2D eigenvalue weighted by molar-refractivity contribution is 5.91. The van der Waals surface area contributed by atoms with Gasteiger partial charge in [0, 0.05) is 18.0 Å². The van der Waals surface area contributed by atoms with Crippen molar-refractivity contribution in [3.8, 4) is 0 Å². The SMILES string of the molecule is COC(=O)c1ccncc1C(O)C(O)C(=O)O. The Morgan fingerprint density at radius 1 is 1.41 bits per heavy atom. The Bertz CT molecular complexity index is 433. The summed E-state index contributed by atoms with van der Waals surface area (Å²) in [6, 6.07) is 1.26. The van der Waals surface area contributed by atoms with Gasteiger partial charge < -0.3 is 20.1 Å². The third-order valence-electron chi connectivity index (χ3n) is 2.13. The Labute approximate surface area is 96.3 Å². The summed E-state index contributed by atoms with van der Waals surface area (Å²) in [6.45, 7) is 0. The molecule has 7 heteroatoms. The number of carbonyl (C=O) groups is 2. The fourth-order valence-electron chi connectivity index (χ4n) is 1.24. The molecule has 0 spiro atoms. The Hall–Kier alpha value is -1.99. The van der Waals surface area contributed by atoms with Crippen LogP contribution < -0.4 is 0 Å². The Morgan fingerprint density at radius 3 is 2.59 bits per heavy atom. The van der Waals surface area contributed by atoms with E-state index >= 15 is 0 Å². The molecule has 0 aliphatic carbocycles. The van der Waals surface area contributed by atoms with E-state index in [1.165, 1.54) is 12.3 Å². The lowest BCUT2D eigenvalue weighted by atomic mass is 10.0. The lowest BCUT2D eigenvalue weighted by Gasteiger charge is -2.16. The van der Waals surface area contributed by atoms with E-state index in [-0.39, 0.29) is 11.1 Å². The van der Waals surface area contributed by atoms with E-state index in [0.717, 1.165) is 13.3 Å². The van der Waals surface area contributed by atoms with E-state index in [9.17, 15) is 19.8 Å². The zero-order valence-corrected chi connectivity index (χ0v) is 8.90. The third-order valence-corrected chi connectivity index (χ3v) is 2.13. The molecule has 0 aliphatic rings. The van der Waals surface area contributed by atoms with Gasteiger partial charge in [0.15, 0.2) is 6.10 Å². The van der Waals surface area contributed by atoms with Crippen LogP contribution in [-0.4, -0.2) is 45.5 Å². The smallest absolute Gasteiger partial charge is 0.338 e. The van der Waals surface area contributed by atoms with Crippen molar-refractivity contribution in [1.82, 2.24) is 4.98 Å². The minimum atomic E-state index is -2.04. The number of carbonyl (C=O) groups excluding carboxylic acids is 1. The molecule has 0 bridgehead atoms. The molecular weight excluding hydrogens is 230 g/mol. The van der Waals surface area contributed by atoms with Crippen LogP contribution in [0.15, 0.2) is 18.5 Å². The van der Waals surface area contributed by atoms with Crippen molar-refractivity contribution >= 4 is 11.9 Å². The third kappa shape index (κ3) is 2.77. The van der Waals surface area contributed by atoms with Gasteiger partial charge in [-0.2, -0.15) is 0 Å². The number of carboxylic acids is 1. The average Bonchev–Trinajstić information content (AvgIpc) is 2.35. The lowest BCUT2D eigenvalue weighted by Crippen LogP contribution is -2.28. The average molecular weight is 241 g/mol. The van der Waals surface area contributed by atoms with Gasteiger partial charge in [0.1, 0.15) is 6.10 Å². The van der Waals surface area contributed by atoms with Gasteiger partial charge in [-0.3, -0.25) is 4.98 Å². The number of ether oxygens (including phenoxy) is 1. The van der Waals surface area contributed by atoms with Crippen LogP contribution in [-0.2, 0) is 9.53 Å². The van der Waals surface area contributed by atoms with Crippen molar-refractivity contribution in [2.45, 2.75) is 12.2 Å². The van der Waals surface area contributed by atoms with Gasteiger partial charge in [-0.05, 0) is 6.07 Å². The van der Waals surface area contributed by atoms with Gasteiger partial charge in [0.05, 0.1) is 12.7 Å². The molecule has 0 fully saturated rings. The molecule has 1 heterocycles. The summed E-state index contributed by atoms with van der Waals surface area (Å²) in [5, 5.41) is 27.4. The molecule has 2 atom stereocenters. The summed E-state index contributed by atoms with van der Waals surface area (Å²) in [7, 11) is 1.15. The highest BCUT2D eigenvalue weighted by Gasteiger charge is 2.29. The molecule has 2 unspecified atom stereocenters. The number of aliphatic carboxylic acids is 1. The van der Waals surface area contributed by atoms with E-state index < -0.39 is 24.1 Å². The number of aliphatic hydroxyl groups excluding tert-OH is 2. The van der Waals surface area contributed by atoms with Crippen LogP contribution in [0.1, 0.15) is 22.0 Å². The predicted molar refractivity (Wildman–Crippen MR) is 54.2 cm³/mol. The number of pyridine rings is 1. The monoisotopic (exact) mass is 241 g/mol. The van der Waals surface area contributed by atoms with Crippen molar-refractivity contribution in [3.63, 3.8) is 0 Å². The molecule has 0 aromatic carbocycles. The van der Waals surface area contributed by atoms with E-state index in [1.807, 2.05) is 0 Å². The maximum atomic E-state index is 11.3. The van der Waals surface area contributed by atoms with E-state index in [4.69, 9.17) is 5.11 Å². The second kappa shape index (κ2) is 5.37. The maximum absolute atomic E-state index is 11.3. The number of aromatic nitrogens is 1. The summed E-state index contributed by atoms with van der Waals surface area (Å²) >= 11 is 0. The molecule has 3 N–H and O–H groups in total. The summed E-state index contributed by atoms with van der Waals surface area (Å²) in [5.74, 6) is -2.35. The number of esters is 1. The van der Waals surface area contributed by atoms with Crippen LogP contribution >= 0.6 is 0 Å². The van der Waals surface area contributed by atoms with Crippen molar-refractivity contribution in [1.29, 1.82) is 0 Å². The Kier molecular flexibility index (Phi) is 4.13. The first kappa shape index (κ1) is 13.1. The van der Waals surface area contributed by atoms with E-state index in [2.05, 4.69) is 9.72 Å². The molecule has 0 amide bonds. The standard InChI is InChI=1S/C10H11NO6/c1-17-10(16)5-2-3-11-4-6(5)7(12)8(13)9(14)15/h2-4,7-8,12-13H,1H3,(H,14,15). The number of aliphatic hydroxyl groups is 2. The van der Waals surface area contributed by atoms with E-state index in [1.54, 1.807) is 0 Å². The van der Waals surface area contributed by atoms with Gasteiger partial charge in [0.25, 0.3) is 0 Å². The topological polar surface area (TPSA) is 117 Å². The zero-order chi connectivity index (χ0) is 13.0. The quantitative estimate of drug-likeness (QED) is 0.599. The minimum Gasteiger partial charge on any atom is -0.479 e. The molecule has 1 aromatic heterocycles. The van der Waals surface area contributed by atoms with Crippen LogP contribution in [0.4, 0.5) is 0 Å². The number of hydrogen-bond donors (Lipinski definition) is 3. The second-order valence-electron chi connectivity index (χ2n) is 3.18. The highest BCUT2D eigenvalue weighted by Crippen LogP contribution is 2.21. The number of carboxylic acid groups (broad SMARTS) is 1. The fraction of sp³-hybridized carbons (Fsp3) is 0.300. The summed E-state index contributed by atoms with van der Waals surface area (Å²) in [6.07, 6.45) is -1.41. The van der Waals surface area contributed by atoms with Crippen molar-refractivity contribution < 1.29 is 29.6 Å². The minimum absolute atomic E-state index is 0.0460. The Balaban J connectivity index is 3.13. The van der Waals surface area contributed by atoms with Crippen molar-refractivity contribution in [2.75, 3.05) is 7.11 Å². The molecule has 1 aromatic rings. The number of methoxy groups -OCH3 is 1. The van der Waals surface area contributed by atoms with Crippen molar-refractivity contribution in [2.24, 2.45) is 0 Å². The van der Waals surface area contributed by atoms with Gasteiger partial charge >= 0.3 is 11.9 Å². The normalized spacial score (nSPS) is 13.8. The van der Waals surface area contributed by atoms with Crippen LogP contribution in [0, 0.1) is 0 Å². The second-order valence-corrected chi connectivity index (χ2v) is 3.18. The predicted octanol–water partition coefficient (Wildman–Crippen LogP) is -0.653. The molecular formula is C10H11NO6. The molecule has 7 nitrogen and oxygen atoms in total. The summed E-state index contributed by atoms with van der Waals surface area (Å²) in [5.41, 5.74) is -0.149. The molecule has 92 valence electrons. The molecule has 17 heavy (non-hydrogen) atoms. The molecule has 0 aliphatic heterocycles. The maximum Gasteiger partial charge on any atom is 0.338 e. The first-order valence-corrected chi connectivity index (χ1v) is 4.60. The summed E-state index contributed by atoms with van der Waals surface area (Å²) in [4.78, 5) is 25.5. The van der Waals surface area contributed by atoms with Gasteiger partial charge in [-0.25, -0.2) is 9.59 Å². The number of rotatable bonds is 4. The molecule has 0 saturated heterocycles. The molecule has 1 rings (SSSR count). The first-order valence-electron chi connectivity index (χ1n) is 4.60. The molecule has 0 radical (unpaired) electrons. The number of nitrogens with zero attached hydrogens (tertiary/aromatic N) is 1. The van der Waals surface area contributed by atoms with Crippen LogP contribution in [0.25, 0.3) is 0 Å². The number of hydrogen-bond acceptors (Lipinski definition) is 6. The van der Waals surface area contributed by atoms with Gasteiger partial charge in [-0.1, -0.05) is 0 Å². The largest absolute Gasteiger partial charge is 0.479 e. The Morgan fingerprint density at radius 2 is 2.06 bits per heavy atom. The van der Waals surface area contributed by atoms with Crippen molar-refractivity contribution in [3.05, 3.63) is 29.6 Å². The van der Waals surface area contributed by atoms with Gasteiger partial charge in [0.2, 0.25) is 0 Å². The fourth-order valence-corrected chi connectivity index (χ4v) is 1.24. The van der Waals surface area contributed by atoms with Crippen LogP contribution in [0.3, 0.4) is 0 Å². The van der Waals surface area contributed by atoms with Crippen LogP contribution in [0.5, 0.6) is 0 Å². The summed E-state index contributed by atoms with van der Waals surface area (Å²) < 4.78 is 4.46. The van der Waals surface area contributed by atoms with Gasteiger partial charge in [-0.15, -0.1) is 0 Å². The highest BCUT2D eigenvalue weighted by atomic mass is 16.5. The first-order chi connectivity index (χ1) is 7.99. The van der Waals surface area contributed by atoms with E-state index in [0.29, 0.717) is 0 Å². The lowest BCUT2D eigenvalue weighted by molar-refractivity contribution is -0.153. The van der Waals surface area contributed by atoms with Crippen LogP contribution in [0.2, 0.25) is 0 Å². The molecule has 0 saturated carbocycles.